The second kappa shape index (κ2) is 8.03. The van der Waals surface area contributed by atoms with Crippen molar-refractivity contribution in [3.63, 3.8) is 0 Å². The number of benzene rings is 1. The fourth-order valence-corrected chi connectivity index (χ4v) is 2.61. The van der Waals surface area contributed by atoms with E-state index in [4.69, 9.17) is 14.2 Å². The minimum Gasteiger partial charge on any atom is -0.454 e. The Hall–Kier alpha value is -1.99. The minimum atomic E-state index is 0.303. The van der Waals surface area contributed by atoms with Crippen LogP contribution in [0.25, 0.3) is 0 Å². The number of nitrogens with zero attached hydrogens (tertiary/aromatic N) is 2. The molecule has 2 aliphatic rings. The highest BCUT2D eigenvalue weighted by molar-refractivity contribution is 5.79. The van der Waals surface area contributed by atoms with E-state index in [2.05, 4.69) is 20.5 Å². The van der Waals surface area contributed by atoms with Crippen molar-refractivity contribution in [1.82, 2.24) is 15.5 Å². The maximum Gasteiger partial charge on any atom is 0.231 e. The second-order valence-electron chi connectivity index (χ2n) is 5.49. The summed E-state index contributed by atoms with van der Waals surface area (Å²) >= 11 is 0. The molecule has 0 saturated carbocycles. The summed E-state index contributed by atoms with van der Waals surface area (Å²) in [5.41, 5.74) is 1.13. The molecular formula is C16H24N4O3. The van der Waals surface area contributed by atoms with Crippen molar-refractivity contribution in [3.8, 4) is 11.5 Å². The highest BCUT2D eigenvalue weighted by atomic mass is 16.7. The first-order chi connectivity index (χ1) is 11.3. The van der Waals surface area contributed by atoms with Crippen LogP contribution in [-0.2, 0) is 11.3 Å². The molecule has 2 aliphatic heterocycles. The maximum absolute atomic E-state index is 5.39. The van der Waals surface area contributed by atoms with Gasteiger partial charge in [-0.25, -0.2) is 0 Å². The summed E-state index contributed by atoms with van der Waals surface area (Å²) in [6.07, 6.45) is 0. The summed E-state index contributed by atoms with van der Waals surface area (Å²) in [6, 6.07) is 5.96. The summed E-state index contributed by atoms with van der Waals surface area (Å²) in [5.74, 6) is 2.41. The Bertz CT molecular complexity index is 544. The number of guanidine groups is 1. The Morgan fingerprint density at radius 1 is 1.17 bits per heavy atom. The number of morpholine rings is 1. The van der Waals surface area contributed by atoms with Crippen LogP contribution in [0.4, 0.5) is 0 Å². The van der Waals surface area contributed by atoms with Crippen molar-refractivity contribution < 1.29 is 14.2 Å². The Balaban J connectivity index is 1.40. The van der Waals surface area contributed by atoms with Crippen LogP contribution in [0.15, 0.2) is 23.2 Å². The van der Waals surface area contributed by atoms with Crippen LogP contribution in [0.1, 0.15) is 5.56 Å². The van der Waals surface area contributed by atoms with Gasteiger partial charge in [-0.05, 0) is 17.7 Å². The predicted molar refractivity (Wildman–Crippen MR) is 88.0 cm³/mol. The van der Waals surface area contributed by atoms with E-state index in [-0.39, 0.29) is 0 Å². The van der Waals surface area contributed by atoms with Crippen molar-refractivity contribution in [2.24, 2.45) is 4.99 Å². The monoisotopic (exact) mass is 320 g/mol. The Kier molecular flexibility index (Phi) is 5.55. The van der Waals surface area contributed by atoms with Crippen molar-refractivity contribution >= 4 is 5.96 Å². The molecule has 0 atom stereocenters. The second-order valence-corrected chi connectivity index (χ2v) is 5.49. The molecule has 0 bridgehead atoms. The first kappa shape index (κ1) is 15.9. The molecule has 0 aliphatic carbocycles. The van der Waals surface area contributed by atoms with Gasteiger partial charge in [0.05, 0.1) is 13.2 Å². The zero-order valence-electron chi connectivity index (χ0n) is 13.5. The third kappa shape index (κ3) is 4.49. The SMILES string of the molecule is CN=C(NCCN1CCOCC1)NCc1ccc2c(c1)OCO2. The molecule has 23 heavy (non-hydrogen) atoms. The smallest absolute Gasteiger partial charge is 0.231 e. The van der Waals surface area contributed by atoms with E-state index in [0.717, 1.165) is 62.4 Å². The summed E-state index contributed by atoms with van der Waals surface area (Å²) in [5, 5.41) is 6.65. The summed E-state index contributed by atoms with van der Waals surface area (Å²) < 4.78 is 16.1. The average molecular weight is 320 g/mol. The summed E-state index contributed by atoms with van der Waals surface area (Å²) in [4.78, 5) is 6.64. The fourth-order valence-electron chi connectivity index (χ4n) is 2.61. The van der Waals surface area contributed by atoms with Crippen LogP contribution in [0.5, 0.6) is 11.5 Å². The minimum absolute atomic E-state index is 0.303. The quantitative estimate of drug-likeness (QED) is 0.605. The van der Waals surface area contributed by atoms with Gasteiger partial charge in [-0.1, -0.05) is 6.07 Å². The molecule has 0 amide bonds. The molecule has 1 aromatic carbocycles. The number of nitrogens with one attached hydrogen (secondary N) is 2. The molecule has 126 valence electrons. The van der Waals surface area contributed by atoms with Crippen molar-refractivity contribution in [2.75, 3.05) is 53.2 Å². The normalized spacial score (nSPS) is 18.0. The van der Waals surface area contributed by atoms with E-state index in [1.54, 1.807) is 7.05 Å². The van der Waals surface area contributed by atoms with Crippen LogP contribution in [-0.4, -0.2) is 64.1 Å². The zero-order valence-corrected chi connectivity index (χ0v) is 13.5. The van der Waals surface area contributed by atoms with Gasteiger partial charge in [0, 0.05) is 39.8 Å². The molecule has 2 N–H and O–H groups in total. The van der Waals surface area contributed by atoms with Crippen LogP contribution >= 0.6 is 0 Å². The van der Waals surface area contributed by atoms with E-state index in [1.165, 1.54) is 0 Å². The van der Waals surface area contributed by atoms with Gasteiger partial charge < -0.3 is 24.8 Å². The van der Waals surface area contributed by atoms with Gasteiger partial charge in [-0.2, -0.15) is 0 Å². The highest BCUT2D eigenvalue weighted by Gasteiger charge is 2.13. The summed E-state index contributed by atoms with van der Waals surface area (Å²) in [6.45, 7) is 6.52. The molecule has 1 fully saturated rings. The first-order valence-electron chi connectivity index (χ1n) is 7.98. The number of ether oxygens (including phenoxy) is 3. The molecular weight excluding hydrogens is 296 g/mol. The van der Waals surface area contributed by atoms with Crippen LogP contribution in [0.2, 0.25) is 0 Å². The standard InChI is InChI=1S/C16H24N4O3/c1-17-16(18-4-5-20-6-8-21-9-7-20)19-11-13-2-3-14-15(10-13)23-12-22-14/h2-3,10H,4-9,11-12H2,1H3,(H2,17,18,19). The van der Waals surface area contributed by atoms with Crippen molar-refractivity contribution in [3.05, 3.63) is 23.8 Å². The number of aliphatic imine (C=N–C) groups is 1. The van der Waals surface area contributed by atoms with Gasteiger partial charge in [-0.15, -0.1) is 0 Å². The van der Waals surface area contributed by atoms with E-state index >= 15 is 0 Å². The molecule has 0 radical (unpaired) electrons. The van der Waals surface area contributed by atoms with Crippen LogP contribution in [0, 0.1) is 0 Å². The topological polar surface area (TPSA) is 67.4 Å². The predicted octanol–water partition coefficient (Wildman–Crippen LogP) is 0.413. The van der Waals surface area contributed by atoms with Crippen LogP contribution < -0.4 is 20.1 Å². The highest BCUT2D eigenvalue weighted by Crippen LogP contribution is 2.32. The third-order valence-electron chi connectivity index (χ3n) is 3.94. The zero-order chi connectivity index (χ0) is 15.9. The lowest BCUT2D eigenvalue weighted by molar-refractivity contribution is 0.0389. The molecule has 1 saturated heterocycles. The maximum atomic E-state index is 5.39. The lowest BCUT2D eigenvalue weighted by Crippen LogP contribution is -2.44. The molecule has 1 aromatic rings. The van der Waals surface area contributed by atoms with Gasteiger partial charge in [0.15, 0.2) is 17.5 Å². The van der Waals surface area contributed by atoms with E-state index in [9.17, 15) is 0 Å². The van der Waals surface area contributed by atoms with E-state index < -0.39 is 0 Å². The van der Waals surface area contributed by atoms with Gasteiger partial charge in [0.2, 0.25) is 6.79 Å². The largest absolute Gasteiger partial charge is 0.454 e. The molecule has 0 spiro atoms. The Morgan fingerprint density at radius 3 is 2.83 bits per heavy atom. The Labute approximate surface area is 136 Å². The molecule has 0 aromatic heterocycles. The average Bonchev–Trinajstić information content (AvgIpc) is 3.06. The molecule has 2 heterocycles. The fraction of sp³-hybridized carbons (Fsp3) is 0.562. The summed E-state index contributed by atoms with van der Waals surface area (Å²) in [7, 11) is 1.78. The van der Waals surface area contributed by atoms with E-state index in [1.807, 2.05) is 18.2 Å². The Morgan fingerprint density at radius 2 is 2.00 bits per heavy atom. The van der Waals surface area contributed by atoms with Crippen molar-refractivity contribution in [2.45, 2.75) is 6.54 Å². The lowest BCUT2D eigenvalue weighted by Gasteiger charge is -2.26. The molecule has 3 rings (SSSR count). The van der Waals surface area contributed by atoms with Crippen LogP contribution in [0.3, 0.4) is 0 Å². The number of fused-ring (bicyclic) bond motifs is 1. The van der Waals surface area contributed by atoms with Gasteiger partial charge in [0.1, 0.15) is 0 Å². The van der Waals surface area contributed by atoms with Gasteiger partial charge >= 0.3 is 0 Å². The third-order valence-corrected chi connectivity index (χ3v) is 3.94. The van der Waals surface area contributed by atoms with Gasteiger partial charge in [0.25, 0.3) is 0 Å². The molecule has 7 nitrogen and oxygen atoms in total. The van der Waals surface area contributed by atoms with Crippen molar-refractivity contribution in [1.29, 1.82) is 0 Å². The molecule has 7 heteroatoms. The number of rotatable bonds is 5. The first-order valence-corrected chi connectivity index (χ1v) is 7.98. The van der Waals surface area contributed by atoms with Gasteiger partial charge in [-0.3, -0.25) is 9.89 Å². The molecule has 0 unspecified atom stereocenters. The van der Waals surface area contributed by atoms with E-state index in [0.29, 0.717) is 13.3 Å². The number of hydrogen-bond acceptors (Lipinski definition) is 5. The number of hydrogen-bond donors (Lipinski definition) is 2. The lowest BCUT2D eigenvalue weighted by atomic mass is 10.2.